The highest BCUT2D eigenvalue weighted by Crippen LogP contribution is 2.23. The molecule has 1 aliphatic carbocycles. The first-order valence-electron chi connectivity index (χ1n) is 7.89. The summed E-state index contributed by atoms with van der Waals surface area (Å²) in [6.07, 6.45) is 5.84. The molecule has 2 amide bonds. The van der Waals surface area contributed by atoms with Crippen LogP contribution < -0.4 is 5.32 Å². The summed E-state index contributed by atoms with van der Waals surface area (Å²) < 4.78 is 0. The minimum Gasteiger partial charge on any atom is -0.325 e. The standard InChI is InChI=1S/C15H31N3O/c1-5-12-16-13-8-10-14(11-9-13)17(4)15(19)18(6-2)7-3/h13-14,16H,5-12H2,1-4H3. The van der Waals surface area contributed by atoms with E-state index in [2.05, 4.69) is 12.2 Å². The van der Waals surface area contributed by atoms with Gasteiger partial charge in [0.15, 0.2) is 0 Å². The zero-order valence-corrected chi connectivity index (χ0v) is 13.1. The van der Waals surface area contributed by atoms with Crippen molar-refractivity contribution < 1.29 is 4.79 Å². The molecule has 112 valence electrons. The average molecular weight is 269 g/mol. The minimum atomic E-state index is 0.190. The Morgan fingerprint density at radius 2 is 1.68 bits per heavy atom. The normalized spacial score (nSPS) is 23.2. The van der Waals surface area contributed by atoms with Crippen molar-refractivity contribution in [3.05, 3.63) is 0 Å². The van der Waals surface area contributed by atoms with Crippen molar-refractivity contribution in [3.8, 4) is 0 Å². The molecule has 19 heavy (non-hydrogen) atoms. The summed E-state index contributed by atoms with van der Waals surface area (Å²) in [5.41, 5.74) is 0. The third-order valence-corrected chi connectivity index (χ3v) is 4.26. The second kappa shape index (κ2) is 8.41. The van der Waals surface area contributed by atoms with Gasteiger partial charge in [-0.1, -0.05) is 6.92 Å². The summed E-state index contributed by atoms with van der Waals surface area (Å²) in [4.78, 5) is 16.2. The molecule has 0 heterocycles. The molecule has 1 fully saturated rings. The van der Waals surface area contributed by atoms with Gasteiger partial charge in [-0.15, -0.1) is 0 Å². The molecule has 0 aromatic carbocycles. The third-order valence-electron chi connectivity index (χ3n) is 4.26. The molecule has 4 heteroatoms. The second-order valence-electron chi connectivity index (χ2n) is 5.53. The summed E-state index contributed by atoms with van der Waals surface area (Å²) in [7, 11) is 1.96. The van der Waals surface area contributed by atoms with Crippen LogP contribution in [0.4, 0.5) is 4.79 Å². The highest BCUT2D eigenvalue weighted by atomic mass is 16.2. The molecular formula is C15H31N3O. The molecule has 0 aromatic rings. The zero-order chi connectivity index (χ0) is 14.3. The molecule has 1 saturated carbocycles. The van der Waals surface area contributed by atoms with Gasteiger partial charge in [0.05, 0.1) is 0 Å². The summed E-state index contributed by atoms with van der Waals surface area (Å²) in [5, 5.41) is 3.59. The fourth-order valence-corrected chi connectivity index (χ4v) is 2.89. The predicted octanol–water partition coefficient (Wildman–Crippen LogP) is 2.69. The molecule has 0 spiro atoms. The SMILES string of the molecule is CCCNC1CCC(N(C)C(=O)N(CC)CC)CC1. The quantitative estimate of drug-likeness (QED) is 0.804. The van der Waals surface area contributed by atoms with E-state index < -0.39 is 0 Å². The van der Waals surface area contributed by atoms with E-state index in [9.17, 15) is 4.79 Å². The molecule has 1 N–H and O–H groups in total. The Bertz CT molecular complexity index is 258. The van der Waals surface area contributed by atoms with Crippen LogP contribution in [0.15, 0.2) is 0 Å². The largest absolute Gasteiger partial charge is 0.325 e. The molecule has 1 rings (SSSR count). The van der Waals surface area contributed by atoms with Gasteiger partial charge in [0.2, 0.25) is 0 Å². The maximum absolute atomic E-state index is 12.3. The van der Waals surface area contributed by atoms with Crippen LogP contribution in [-0.4, -0.2) is 54.6 Å². The van der Waals surface area contributed by atoms with Crippen LogP contribution in [0.5, 0.6) is 0 Å². The molecule has 1 aliphatic rings. The van der Waals surface area contributed by atoms with Crippen LogP contribution in [0.1, 0.15) is 52.9 Å². The summed E-state index contributed by atoms with van der Waals surface area (Å²) in [5.74, 6) is 0. The number of nitrogens with zero attached hydrogens (tertiary/aromatic N) is 2. The van der Waals surface area contributed by atoms with Gasteiger partial charge in [0.25, 0.3) is 0 Å². The number of urea groups is 1. The first kappa shape index (κ1) is 16.3. The van der Waals surface area contributed by atoms with Crippen molar-refractivity contribution in [2.24, 2.45) is 0 Å². The van der Waals surface area contributed by atoms with Gasteiger partial charge in [-0.25, -0.2) is 4.79 Å². The van der Waals surface area contributed by atoms with Crippen molar-refractivity contribution in [3.63, 3.8) is 0 Å². The average Bonchev–Trinajstić information content (AvgIpc) is 2.46. The van der Waals surface area contributed by atoms with Gasteiger partial charge >= 0.3 is 6.03 Å². The maximum atomic E-state index is 12.3. The number of amides is 2. The minimum absolute atomic E-state index is 0.190. The fraction of sp³-hybridized carbons (Fsp3) is 0.933. The Morgan fingerprint density at radius 1 is 1.11 bits per heavy atom. The van der Waals surface area contributed by atoms with Crippen molar-refractivity contribution >= 4 is 6.03 Å². The van der Waals surface area contributed by atoms with E-state index in [1.165, 1.54) is 19.3 Å². The number of carbonyl (C=O) groups excluding carboxylic acids is 1. The van der Waals surface area contributed by atoms with E-state index in [0.717, 1.165) is 32.5 Å². The van der Waals surface area contributed by atoms with Crippen LogP contribution in [0.2, 0.25) is 0 Å². The van der Waals surface area contributed by atoms with Gasteiger partial charge in [-0.2, -0.15) is 0 Å². The lowest BCUT2D eigenvalue weighted by molar-refractivity contribution is 0.133. The van der Waals surface area contributed by atoms with Crippen LogP contribution in [0.3, 0.4) is 0 Å². The first-order chi connectivity index (χ1) is 9.13. The molecular weight excluding hydrogens is 238 g/mol. The maximum Gasteiger partial charge on any atom is 0.319 e. The monoisotopic (exact) mass is 269 g/mol. The highest BCUT2D eigenvalue weighted by Gasteiger charge is 2.27. The number of hydrogen-bond acceptors (Lipinski definition) is 2. The molecule has 0 aromatic heterocycles. The van der Waals surface area contributed by atoms with Crippen molar-refractivity contribution in [1.82, 2.24) is 15.1 Å². The lowest BCUT2D eigenvalue weighted by Gasteiger charge is -2.37. The van der Waals surface area contributed by atoms with Crippen LogP contribution in [0.25, 0.3) is 0 Å². The van der Waals surface area contributed by atoms with Gasteiger partial charge in [0.1, 0.15) is 0 Å². The smallest absolute Gasteiger partial charge is 0.319 e. The predicted molar refractivity (Wildman–Crippen MR) is 80.4 cm³/mol. The van der Waals surface area contributed by atoms with E-state index in [1.54, 1.807) is 0 Å². The van der Waals surface area contributed by atoms with Crippen LogP contribution in [-0.2, 0) is 0 Å². The number of hydrogen-bond donors (Lipinski definition) is 1. The van der Waals surface area contributed by atoms with Gasteiger partial charge in [0, 0.05) is 32.2 Å². The van der Waals surface area contributed by atoms with E-state index in [0.29, 0.717) is 12.1 Å². The number of nitrogens with one attached hydrogen (secondary N) is 1. The molecule has 0 atom stereocenters. The summed E-state index contributed by atoms with van der Waals surface area (Å²) in [6.45, 7) is 9.00. The van der Waals surface area contributed by atoms with Crippen molar-refractivity contribution in [1.29, 1.82) is 0 Å². The molecule has 0 radical (unpaired) electrons. The van der Waals surface area contributed by atoms with E-state index in [1.807, 2.05) is 30.7 Å². The molecule has 4 nitrogen and oxygen atoms in total. The fourth-order valence-electron chi connectivity index (χ4n) is 2.89. The number of rotatable bonds is 6. The Morgan fingerprint density at radius 3 is 2.16 bits per heavy atom. The van der Waals surface area contributed by atoms with Crippen LogP contribution >= 0.6 is 0 Å². The topological polar surface area (TPSA) is 35.6 Å². The van der Waals surface area contributed by atoms with Gasteiger partial charge < -0.3 is 15.1 Å². The van der Waals surface area contributed by atoms with E-state index >= 15 is 0 Å². The van der Waals surface area contributed by atoms with Gasteiger partial charge in [-0.3, -0.25) is 0 Å². The highest BCUT2D eigenvalue weighted by molar-refractivity contribution is 5.74. The Balaban J connectivity index is 2.39. The number of carbonyl (C=O) groups is 1. The third kappa shape index (κ3) is 4.68. The molecule has 0 bridgehead atoms. The molecule has 0 unspecified atom stereocenters. The second-order valence-corrected chi connectivity index (χ2v) is 5.53. The Labute approximate surface area is 118 Å². The Hall–Kier alpha value is -0.770. The zero-order valence-electron chi connectivity index (χ0n) is 13.1. The lowest BCUT2D eigenvalue weighted by atomic mass is 9.90. The van der Waals surface area contributed by atoms with E-state index in [-0.39, 0.29) is 6.03 Å². The van der Waals surface area contributed by atoms with E-state index in [4.69, 9.17) is 0 Å². The first-order valence-corrected chi connectivity index (χ1v) is 7.89. The summed E-state index contributed by atoms with van der Waals surface area (Å²) in [6, 6.07) is 1.27. The molecule has 0 aliphatic heterocycles. The Kier molecular flexibility index (Phi) is 7.21. The summed E-state index contributed by atoms with van der Waals surface area (Å²) >= 11 is 0. The van der Waals surface area contributed by atoms with Crippen molar-refractivity contribution in [2.75, 3.05) is 26.7 Å². The van der Waals surface area contributed by atoms with Crippen LogP contribution in [0, 0.1) is 0 Å². The van der Waals surface area contributed by atoms with Crippen molar-refractivity contribution in [2.45, 2.75) is 65.0 Å². The molecule has 0 saturated heterocycles. The van der Waals surface area contributed by atoms with Gasteiger partial charge in [-0.05, 0) is 52.5 Å². The lowest BCUT2D eigenvalue weighted by Crippen LogP contribution is -2.48.